The van der Waals surface area contributed by atoms with Crippen LogP contribution in [0.1, 0.15) is 64.1 Å². The van der Waals surface area contributed by atoms with Crippen LogP contribution in [-0.4, -0.2) is 20.6 Å². The predicted octanol–water partition coefficient (Wildman–Crippen LogP) is 3.12. The molecule has 1 heterocycles. The number of oxime groups is 1. The molecule has 0 bridgehead atoms. The molecule has 0 saturated carbocycles. The zero-order valence-corrected chi connectivity index (χ0v) is 11.9. The van der Waals surface area contributed by atoms with Gasteiger partial charge in [-0.2, -0.15) is 0 Å². The Morgan fingerprint density at radius 1 is 1.21 bits per heavy atom. The van der Waals surface area contributed by atoms with Gasteiger partial charge in [-0.15, -0.1) is 0 Å². The maximum atomic E-state index is 8.65. The fourth-order valence-electron chi connectivity index (χ4n) is 2.18. The maximum absolute atomic E-state index is 8.65. The van der Waals surface area contributed by atoms with E-state index in [1.807, 2.05) is 10.8 Å². The number of hydrogen-bond donors (Lipinski definition) is 2. The van der Waals surface area contributed by atoms with Crippen molar-refractivity contribution in [2.75, 3.05) is 0 Å². The number of nitrogens with zero attached hydrogens (tertiary/aromatic N) is 3. The summed E-state index contributed by atoms with van der Waals surface area (Å²) in [5.41, 5.74) is 5.55. The minimum Gasteiger partial charge on any atom is -0.409 e. The Morgan fingerprint density at radius 2 is 1.84 bits per heavy atom. The zero-order chi connectivity index (χ0) is 13.9. The second-order valence-electron chi connectivity index (χ2n) is 4.90. The van der Waals surface area contributed by atoms with Crippen molar-refractivity contribution < 1.29 is 5.21 Å². The van der Waals surface area contributed by atoms with Gasteiger partial charge in [0.2, 0.25) is 5.84 Å². The molecule has 3 N–H and O–H groups in total. The van der Waals surface area contributed by atoms with Gasteiger partial charge in [0.25, 0.3) is 0 Å². The normalized spacial score (nSPS) is 11.9. The Balaban J connectivity index is 2.14. The van der Waals surface area contributed by atoms with E-state index < -0.39 is 0 Å². The van der Waals surface area contributed by atoms with Crippen LogP contribution in [0.5, 0.6) is 0 Å². The average Bonchev–Trinajstić information content (AvgIpc) is 2.89. The van der Waals surface area contributed by atoms with E-state index in [-0.39, 0.29) is 5.84 Å². The lowest BCUT2D eigenvalue weighted by Gasteiger charge is -2.06. The Morgan fingerprint density at radius 3 is 2.47 bits per heavy atom. The van der Waals surface area contributed by atoms with E-state index in [9.17, 15) is 0 Å². The summed E-state index contributed by atoms with van der Waals surface area (Å²) in [4.78, 5) is 4.08. The zero-order valence-electron chi connectivity index (χ0n) is 11.9. The third-order valence-electron chi connectivity index (χ3n) is 3.30. The van der Waals surface area contributed by atoms with Crippen molar-refractivity contribution in [3.63, 3.8) is 0 Å². The van der Waals surface area contributed by atoms with Crippen LogP contribution in [0.3, 0.4) is 0 Å². The fourth-order valence-corrected chi connectivity index (χ4v) is 2.18. The molecule has 0 spiro atoms. The van der Waals surface area contributed by atoms with Crippen molar-refractivity contribution in [3.8, 4) is 0 Å². The first-order valence-electron chi connectivity index (χ1n) is 7.28. The van der Waals surface area contributed by atoms with Crippen molar-refractivity contribution in [2.45, 2.75) is 64.8 Å². The lowest BCUT2D eigenvalue weighted by Crippen LogP contribution is -2.19. The number of aryl methyl sites for hydroxylation is 1. The molecule has 0 unspecified atom stereocenters. The first-order chi connectivity index (χ1) is 9.29. The van der Waals surface area contributed by atoms with Gasteiger partial charge < -0.3 is 15.5 Å². The SMILES string of the molecule is CCCCCCCCCCn1ccnc1C(N)=NO. The standard InChI is InChI=1S/C14H26N4O/c1-2-3-4-5-6-7-8-9-11-18-12-10-16-14(18)13(15)17-19/h10,12,19H,2-9,11H2,1H3,(H2,15,17). The van der Waals surface area contributed by atoms with Crippen molar-refractivity contribution in [2.24, 2.45) is 10.9 Å². The molecule has 5 nitrogen and oxygen atoms in total. The fraction of sp³-hybridized carbons (Fsp3) is 0.714. The lowest BCUT2D eigenvalue weighted by atomic mass is 10.1. The molecule has 0 radical (unpaired) electrons. The molecule has 1 aromatic rings. The molecule has 0 amide bonds. The van der Waals surface area contributed by atoms with Gasteiger partial charge in [-0.3, -0.25) is 0 Å². The van der Waals surface area contributed by atoms with Gasteiger partial charge in [0.1, 0.15) is 0 Å². The van der Waals surface area contributed by atoms with Gasteiger partial charge in [-0.1, -0.05) is 57.0 Å². The third-order valence-corrected chi connectivity index (χ3v) is 3.30. The Kier molecular flexibility index (Phi) is 7.70. The maximum Gasteiger partial charge on any atom is 0.206 e. The van der Waals surface area contributed by atoms with Gasteiger partial charge in [-0.05, 0) is 6.42 Å². The van der Waals surface area contributed by atoms with E-state index in [0.717, 1.165) is 13.0 Å². The summed E-state index contributed by atoms with van der Waals surface area (Å²) >= 11 is 0. The van der Waals surface area contributed by atoms with Gasteiger partial charge in [0.05, 0.1) is 0 Å². The van der Waals surface area contributed by atoms with Crippen LogP contribution in [0, 0.1) is 0 Å². The summed E-state index contributed by atoms with van der Waals surface area (Å²) in [5.74, 6) is 0.620. The van der Waals surface area contributed by atoms with Crippen LogP contribution >= 0.6 is 0 Å². The van der Waals surface area contributed by atoms with E-state index in [2.05, 4.69) is 17.1 Å². The molecule has 108 valence electrons. The number of rotatable bonds is 10. The first kappa shape index (κ1) is 15.5. The van der Waals surface area contributed by atoms with E-state index in [0.29, 0.717) is 5.82 Å². The third kappa shape index (κ3) is 5.77. The molecule has 1 aromatic heterocycles. The minimum atomic E-state index is 0.0737. The van der Waals surface area contributed by atoms with Crippen LogP contribution in [0.15, 0.2) is 17.5 Å². The summed E-state index contributed by atoms with van der Waals surface area (Å²) in [6.45, 7) is 3.12. The van der Waals surface area contributed by atoms with Crippen molar-refractivity contribution in [1.29, 1.82) is 0 Å². The molecule has 0 atom stereocenters. The summed E-state index contributed by atoms with van der Waals surface area (Å²) in [5, 5.41) is 11.6. The van der Waals surface area contributed by atoms with E-state index in [1.54, 1.807) is 6.20 Å². The largest absolute Gasteiger partial charge is 0.409 e. The monoisotopic (exact) mass is 266 g/mol. The number of amidine groups is 1. The molecule has 0 fully saturated rings. The van der Waals surface area contributed by atoms with Crippen LogP contribution in [0.4, 0.5) is 0 Å². The Labute approximate surface area is 115 Å². The topological polar surface area (TPSA) is 76.4 Å². The van der Waals surface area contributed by atoms with E-state index in [4.69, 9.17) is 10.9 Å². The van der Waals surface area contributed by atoms with Crippen LogP contribution in [0.2, 0.25) is 0 Å². The summed E-state index contributed by atoms with van der Waals surface area (Å²) in [6.07, 6.45) is 13.9. The number of nitrogens with two attached hydrogens (primary N) is 1. The molecule has 0 saturated heterocycles. The smallest absolute Gasteiger partial charge is 0.206 e. The first-order valence-corrected chi connectivity index (χ1v) is 7.28. The summed E-state index contributed by atoms with van der Waals surface area (Å²) in [6, 6.07) is 0. The van der Waals surface area contributed by atoms with Crippen molar-refractivity contribution in [1.82, 2.24) is 9.55 Å². The van der Waals surface area contributed by atoms with E-state index >= 15 is 0 Å². The molecule has 0 aliphatic heterocycles. The number of imidazole rings is 1. The number of aromatic nitrogens is 2. The molecule has 5 heteroatoms. The van der Waals surface area contributed by atoms with Crippen LogP contribution < -0.4 is 5.73 Å². The van der Waals surface area contributed by atoms with Gasteiger partial charge in [0.15, 0.2) is 5.82 Å². The number of hydrogen-bond acceptors (Lipinski definition) is 3. The van der Waals surface area contributed by atoms with Gasteiger partial charge >= 0.3 is 0 Å². The molecule has 1 rings (SSSR count). The van der Waals surface area contributed by atoms with Gasteiger partial charge in [0, 0.05) is 18.9 Å². The quantitative estimate of drug-likeness (QED) is 0.224. The van der Waals surface area contributed by atoms with Crippen molar-refractivity contribution in [3.05, 3.63) is 18.2 Å². The molecular weight excluding hydrogens is 240 g/mol. The molecule has 0 aromatic carbocycles. The van der Waals surface area contributed by atoms with Crippen LogP contribution in [-0.2, 0) is 6.54 Å². The highest BCUT2D eigenvalue weighted by Crippen LogP contribution is 2.09. The summed E-state index contributed by atoms with van der Waals surface area (Å²) < 4.78 is 1.94. The van der Waals surface area contributed by atoms with Crippen LogP contribution in [0.25, 0.3) is 0 Å². The highest BCUT2D eigenvalue weighted by molar-refractivity contribution is 5.93. The second-order valence-corrected chi connectivity index (χ2v) is 4.90. The predicted molar refractivity (Wildman–Crippen MR) is 77.3 cm³/mol. The number of unbranched alkanes of at least 4 members (excludes halogenated alkanes) is 7. The average molecular weight is 266 g/mol. The molecule has 0 aliphatic rings. The lowest BCUT2D eigenvalue weighted by molar-refractivity contribution is 0.318. The van der Waals surface area contributed by atoms with Crippen molar-refractivity contribution >= 4 is 5.84 Å². The van der Waals surface area contributed by atoms with Gasteiger partial charge in [-0.25, -0.2) is 4.98 Å². The highest BCUT2D eigenvalue weighted by atomic mass is 16.4. The molecule has 0 aliphatic carbocycles. The van der Waals surface area contributed by atoms with E-state index in [1.165, 1.54) is 44.9 Å². The summed E-state index contributed by atoms with van der Waals surface area (Å²) in [7, 11) is 0. The Bertz CT molecular complexity index is 373. The highest BCUT2D eigenvalue weighted by Gasteiger charge is 2.06. The second kappa shape index (κ2) is 9.42. The molecule has 19 heavy (non-hydrogen) atoms. The minimum absolute atomic E-state index is 0.0737. The Hall–Kier alpha value is -1.52. The molecular formula is C14H26N4O.